The van der Waals surface area contributed by atoms with Gasteiger partial charge in [0.15, 0.2) is 0 Å². The molecule has 4 aromatic rings. The maximum atomic E-state index is 12.3. The third-order valence-electron chi connectivity index (χ3n) is 3.85. The quantitative estimate of drug-likeness (QED) is 0.533. The van der Waals surface area contributed by atoms with E-state index in [9.17, 15) is 4.79 Å². The first kappa shape index (κ1) is 12.8. The van der Waals surface area contributed by atoms with Crippen LogP contribution in [0.2, 0.25) is 0 Å². The summed E-state index contributed by atoms with van der Waals surface area (Å²) in [6.45, 7) is 1.96. The Kier molecular flexibility index (Phi) is 2.79. The van der Waals surface area contributed by atoms with E-state index in [1.165, 1.54) is 5.39 Å². The highest BCUT2D eigenvalue weighted by atomic mass is 16.1. The summed E-state index contributed by atoms with van der Waals surface area (Å²) in [6.07, 6.45) is 1.81. The number of aryl methyl sites for hydroxylation is 1. The molecule has 22 heavy (non-hydrogen) atoms. The van der Waals surface area contributed by atoms with E-state index in [0.29, 0.717) is 11.3 Å². The zero-order chi connectivity index (χ0) is 15.1. The molecule has 0 bridgehead atoms. The maximum absolute atomic E-state index is 12.3. The molecule has 0 amide bonds. The summed E-state index contributed by atoms with van der Waals surface area (Å²) in [5.74, 6) is 0. The minimum Gasteiger partial charge on any atom is -0.269 e. The Balaban J connectivity index is 1.96. The zero-order valence-corrected chi connectivity index (χ0v) is 12.2. The van der Waals surface area contributed by atoms with Crippen molar-refractivity contribution in [1.29, 1.82) is 0 Å². The normalized spacial score (nSPS) is 11.1. The van der Waals surface area contributed by atoms with Crippen molar-refractivity contribution in [3.8, 4) is 11.3 Å². The fraction of sp³-hybridized carbons (Fsp3) is 0.0526. The summed E-state index contributed by atoms with van der Waals surface area (Å²) < 4.78 is 1.58. The Morgan fingerprint density at radius 2 is 1.73 bits per heavy atom. The van der Waals surface area contributed by atoms with Crippen molar-refractivity contribution in [3.63, 3.8) is 0 Å². The van der Waals surface area contributed by atoms with Gasteiger partial charge in [0.05, 0.1) is 5.69 Å². The molecule has 2 heterocycles. The molecule has 0 saturated heterocycles. The van der Waals surface area contributed by atoms with Crippen LogP contribution in [0.1, 0.15) is 5.56 Å². The fourth-order valence-electron chi connectivity index (χ4n) is 2.71. The van der Waals surface area contributed by atoms with Crippen LogP contribution in [0.25, 0.3) is 27.7 Å². The number of fused-ring (bicyclic) bond motifs is 2. The van der Waals surface area contributed by atoms with Crippen molar-refractivity contribution in [1.82, 2.24) is 9.38 Å². The summed E-state index contributed by atoms with van der Waals surface area (Å²) in [6, 6.07) is 19.7. The lowest BCUT2D eigenvalue weighted by Crippen LogP contribution is -2.14. The van der Waals surface area contributed by atoms with E-state index in [2.05, 4.69) is 29.2 Å². The first-order chi connectivity index (χ1) is 10.7. The summed E-state index contributed by atoms with van der Waals surface area (Å²) >= 11 is 0. The smallest absolute Gasteiger partial charge is 0.258 e. The highest BCUT2D eigenvalue weighted by Crippen LogP contribution is 2.22. The van der Waals surface area contributed by atoms with Gasteiger partial charge in [0.1, 0.15) is 5.65 Å². The van der Waals surface area contributed by atoms with Gasteiger partial charge in [0.2, 0.25) is 0 Å². The molecule has 0 atom stereocenters. The van der Waals surface area contributed by atoms with E-state index < -0.39 is 0 Å². The molecule has 0 saturated carbocycles. The molecule has 3 heteroatoms. The van der Waals surface area contributed by atoms with Crippen LogP contribution in [0, 0.1) is 6.92 Å². The van der Waals surface area contributed by atoms with Gasteiger partial charge < -0.3 is 0 Å². The van der Waals surface area contributed by atoms with Crippen LogP contribution in [0.4, 0.5) is 0 Å². The summed E-state index contributed by atoms with van der Waals surface area (Å²) in [5.41, 5.74) is 3.31. The van der Waals surface area contributed by atoms with Gasteiger partial charge >= 0.3 is 0 Å². The number of rotatable bonds is 1. The Morgan fingerprint density at radius 1 is 0.909 bits per heavy atom. The summed E-state index contributed by atoms with van der Waals surface area (Å²) in [7, 11) is 0. The largest absolute Gasteiger partial charge is 0.269 e. The number of hydrogen-bond acceptors (Lipinski definition) is 2. The second-order valence-corrected chi connectivity index (χ2v) is 5.48. The highest BCUT2D eigenvalue weighted by molar-refractivity contribution is 5.86. The molecule has 2 aromatic heterocycles. The minimum absolute atomic E-state index is 0.0585. The van der Waals surface area contributed by atoms with Gasteiger partial charge in [0.25, 0.3) is 5.56 Å². The second-order valence-electron chi connectivity index (χ2n) is 5.48. The molecule has 0 aliphatic carbocycles. The number of hydrogen-bond donors (Lipinski definition) is 0. The summed E-state index contributed by atoms with van der Waals surface area (Å²) in [4.78, 5) is 16.9. The van der Waals surface area contributed by atoms with E-state index in [0.717, 1.165) is 16.5 Å². The highest BCUT2D eigenvalue weighted by Gasteiger charge is 2.05. The van der Waals surface area contributed by atoms with Gasteiger partial charge in [-0.05, 0) is 35.4 Å². The molecular formula is C19H14N2O. The predicted molar refractivity (Wildman–Crippen MR) is 89.1 cm³/mol. The Bertz CT molecular complexity index is 1060. The molecule has 4 rings (SSSR count). The van der Waals surface area contributed by atoms with Crippen LogP contribution in [0.3, 0.4) is 0 Å². The molecule has 106 valence electrons. The van der Waals surface area contributed by atoms with E-state index in [4.69, 9.17) is 0 Å². The SMILES string of the molecule is Cc1ccc2nc(-c3ccc4ccccc4c3)cc(=O)n2c1. The van der Waals surface area contributed by atoms with Crippen molar-refractivity contribution in [2.75, 3.05) is 0 Å². The van der Waals surface area contributed by atoms with Gasteiger partial charge in [-0.1, -0.05) is 42.5 Å². The first-order valence-electron chi connectivity index (χ1n) is 7.20. The van der Waals surface area contributed by atoms with Crippen LogP contribution in [-0.2, 0) is 0 Å². The van der Waals surface area contributed by atoms with Crippen LogP contribution < -0.4 is 5.56 Å². The van der Waals surface area contributed by atoms with Gasteiger partial charge in [-0.15, -0.1) is 0 Å². The second kappa shape index (κ2) is 4.81. The predicted octanol–water partition coefficient (Wildman–Crippen LogP) is 3.82. The number of pyridine rings is 1. The molecule has 0 N–H and O–H groups in total. The number of aromatic nitrogens is 2. The van der Waals surface area contributed by atoms with Crippen molar-refractivity contribution in [2.45, 2.75) is 6.92 Å². The van der Waals surface area contributed by atoms with E-state index in [1.54, 1.807) is 10.5 Å². The molecule has 0 aliphatic rings. The van der Waals surface area contributed by atoms with E-state index >= 15 is 0 Å². The fourth-order valence-corrected chi connectivity index (χ4v) is 2.71. The minimum atomic E-state index is -0.0585. The topological polar surface area (TPSA) is 34.4 Å². The third kappa shape index (κ3) is 2.07. The Hall–Kier alpha value is -2.94. The van der Waals surface area contributed by atoms with Gasteiger partial charge in [0, 0.05) is 17.8 Å². The van der Waals surface area contributed by atoms with E-state index in [1.807, 2.05) is 43.5 Å². The lowest BCUT2D eigenvalue weighted by atomic mass is 10.0. The molecule has 3 nitrogen and oxygen atoms in total. The van der Waals surface area contributed by atoms with Crippen molar-refractivity contribution >= 4 is 16.4 Å². The molecule has 2 aromatic carbocycles. The molecule has 0 radical (unpaired) electrons. The lowest BCUT2D eigenvalue weighted by Gasteiger charge is -2.06. The average Bonchev–Trinajstić information content (AvgIpc) is 2.55. The Morgan fingerprint density at radius 3 is 2.59 bits per heavy atom. The molecule has 0 spiro atoms. The van der Waals surface area contributed by atoms with Gasteiger partial charge in [-0.25, -0.2) is 4.98 Å². The van der Waals surface area contributed by atoms with Crippen LogP contribution in [-0.4, -0.2) is 9.38 Å². The molecule has 0 aliphatic heterocycles. The van der Waals surface area contributed by atoms with Gasteiger partial charge in [-0.3, -0.25) is 9.20 Å². The van der Waals surface area contributed by atoms with Crippen molar-refractivity contribution in [2.24, 2.45) is 0 Å². The van der Waals surface area contributed by atoms with Crippen molar-refractivity contribution in [3.05, 3.63) is 82.8 Å². The molecular weight excluding hydrogens is 272 g/mol. The van der Waals surface area contributed by atoms with Crippen LogP contribution in [0.15, 0.2) is 71.7 Å². The van der Waals surface area contributed by atoms with Gasteiger partial charge in [-0.2, -0.15) is 0 Å². The third-order valence-corrected chi connectivity index (χ3v) is 3.85. The summed E-state index contributed by atoms with van der Waals surface area (Å²) in [5, 5.41) is 2.32. The average molecular weight is 286 g/mol. The van der Waals surface area contributed by atoms with E-state index in [-0.39, 0.29) is 5.56 Å². The van der Waals surface area contributed by atoms with Crippen LogP contribution in [0.5, 0.6) is 0 Å². The molecule has 0 fully saturated rings. The Labute approximate surface area is 127 Å². The number of benzene rings is 2. The lowest BCUT2D eigenvalue weighted by molar-refractivity contribution is 1.03. The maximum Gasteiger partial charge on any atom is 0.258 e. The van der Waals surface area contributed by atoms with Crippen LogP contribution >= 0.6 is 0 Å². The zero-order valence-electron chi connectivity index (χ0n) is 12.2. The monoisotopic (exact) mass is 286 g/mol. The standard InChI is InChI=1S/C19H14N2O/c1-13-6-9-18-20-17(11-19(22)21(18)12-13)16-8-7-14-4-2-3-5-15(14)10-16/h2-12H,1H3. The first-order valence-corrected chi connectivity index (χ1v) is 7.20. The van der Waals surface area contributed by atoms with Crippen molar-refractivity contribution < 1.29 is 0 Å². The molecule has 0 unspecified atom stereocenters. The number of nitrogens with zero attached hydrogens (tertiary/aromatic N) is 2.